The molecular formula is C25H18Cl2N4O5. The van der Waals surface area contributed by atoms with Crippen molar-refractivity contribution >= 4 is 63.7 Å². The van der Waals surface area contributed by atoms with Gasteiger partial charge in [0.15, 0.2) is 0 Å². The molecule has 4 rings (SSSR count). The van der Waals surface area contributed by atoms with Gasteiger partial charge < -0.3 is 10.6 Å². The van der Waals surface area contributed by atoms with E-state index >= 15 is 0 Å². The van der Waals surface area contributed by atoms with Crippen LogP contribution in [-0.4, -0.2) is 22.6 Å². The molecule has 3 aromatic rings. The number of carbonyl (C=O) groups is 3. The maximum Gasteiger partial charge on any atom is 0.283 e. The predicted octanol–water partition coefficient (Wildman–Crippen LogP) is 5.55. The molecule has 0 saturated heterocycles. The van der Waals surface area contributed by atoms with E-state index in [1.165, 1.54) is 18.2 Å². The zero-order chi connectivity index (χ0) is 26.1. The van der Waals surface area contributed by atoms with Crippen LogP contribution >= 0.6 is 23.2 Å². The summed E-state index contributed by atoms with van der Waals surface area (Å²) >= 11 is 12.2. The van der Waals surface area contributed by atoms with Gasteiger partial charge in [0, 0.05) is 33.6 Å². The number of hydrogen-bond acceptors (Lipinski definition) is 6. The fraction of sp³-hybridized carbons (Fsp3) is 0.0800. The summed E-state index contributed by atoms with van der Waals surface area (Å²) in [5, 5.41) is 16.7. The van der Waals surface area contributed by atoms with Gasteiger partial charge >= 0.3 is 0 Å². The third-order valence-corrected chi connectivity index (χ3v) is 6.10. The van der Waals surface area contributed by atoms with Gasteiger partial charge in [-0.2, -0.15) is 0 Å². The molecule has 1 aliphatic heterocycles. The molecule has 0 aromatic heterocycles. The first-order valence-corrected chi connectivity index (χ1v) is 11.3. The maximum absolute atomic E-state index is 13.1. The van der Waals surface area contributed by atoms with E-state index in [0.717, 1.165) is 4.90 Å². The summed E-state index contributed by atoms with van der Waals surface area (Å²) in [5.41, 5.74) is 2.00. The van der Waals surface area contributed by atoms with E-state index < -0.39 is 22.6 Å². The fourth-order valence-corrected chi connectivity index (χ4v) is 3.98. The number of rotatable bonds is 6. The van der Waals surface area contributed by atoms with Crippen LogP contribution in [-0.2, 0) is 9.59 Å². The van der Waals surface area contributed by atoms with Gasteiger partial charge in [0.1, 0.15) is 10.7 Å². The number of nitro groups is 1. The monoisotopic (exact) mass is 524 g/mol. The Morgan fingerprint density at radius 3 is 2.36 bits per heavy atom. The Kier molecular flexibility index (Phi) is 6.78. The summed E-state index contributed by atoms with van der Waals surface area (Å²) in [6.45, 7) is 3.35. The first-order chi connectivity index (χ1) is 17.1. The number of hydrogen-bond donors (Lipinski definition) is 2. The average Bonchev–Trinajstić information content (AvgIpc) is 3.04. The number of nitrogens with zero attached hydrogens (tertiary/aromatic N) is 2. The van der Waals surface area contributed by atoms with Gasteiger partial charge in [-0.05, 0) is 55.8 Å². The second kappa shape index (κ2) is 9.80. The minimum absolute atomic E-state index is 0.116. The lowest BCUT2D eigenvalue weighted by Crippen LogP contribution is -2.32. The number of imide groups is 1. The van der Waals surface area contributed by atoms with Gasteiger partial charge in [-0.3, -0.25) is 24.5 Å². The third kappa shape index (κ3) is 4.79. The number of nitrogens with one attached hydrogen (secondary N) is 2. The Balaban J connectivity index is 1.58. The van der Waals surface area contributed by atoms with Crippen LogP contribution in [0.15, 0.2) is 71.4 Å². The highest BCUT2D eigenvalue weighted by Crippen LogP contribution is 2.32. The van der Waals surface area contributed by atoms with Gasteiger partial charge in [-0.15, -0.1) is 0 Å². The predicted molar refractivity (Wildman–Crippen MR) is 137 cm³/mol. The minimum Gasteiger partial charge on any atom is -0.349 e. The van der Waals surface area contributed by atoms with E-state index in [4.69, 9.17) is 23.2 Å². The highest BCUT2D eigenvalue weighted by atomic mass is 35.5. The van der Waals surface area contributed by atoms with E-state index in [9.17, 15) is 24.5 Å². The molecule has 0 spiro atoms. The lowest BCUT2D eigenvalue weighted by Gasteiger charge is -2.16. The molecule has 36 heavy (non-hydrogen) atoms. The molecule has 0 unspecified atom stereocenters. The van der Waals surface area contributed by atoms with Crippen molar-refractivity contribution in [3.05, 3.63) is 103 Å². The summed E-state index contributed by atoms with van der Waals surface area (Å²) in [4.78, 5) is 50.2. The zero-order valence-electron chi connectivity index (χ0n) is 19.0. The van der Waals surface area contributed by atoms with Crippen LogP contribution < -0.4 is 15.5 Å². The van der Waals surface area contributed by atoms with E-state index in [2.05, 4.69) is 10.6 Å². The molecule has 182 valence electrons. The number of carbonyl (C=O) groups excluding carboxylic acids is 3. The van der Waals surface area contributed by atoms with E-state index in [1.54, 1.807) is 56.3 Å². The Morgan fingerprint density at radius 2 is 1.67 bits per heavy atom. The SMILES string of the molecule is Cc1ccc(C(=O)Nc2ccc(C)c([N+](=O)[O-])c2)cc1NC1=C(Cl)C(=O)N(c2cccc(Cl)c2)C1=O. The number of halogens is 2. The molecule has 0 fully saturated rings. The molecule has 0 bridgehead atoms. The summed E-state index contributed by atoms with van der Waals surface area (Å²) in [7, 11) is 0. The summed E-state index contributed by atoms with van der Waals surface area (Å²) < 4.78 is 0. The van der Waals surface area contributed by atoms with E-state index in [0.29, 0.717) is 21.8 Å². The molecule has 1 aliphatic rings. The minimum atomic E-state index is -0.709. The molecule has 9 nitrogen and oxygen atoms in total. The molecule has 11 heteroatoms. The second-order valence-corrected chi connectivity index (χ2v) is 8.80. The Hall–Kier alpha value is -4.21. The first-order valence-electron chi connectivity index (χ1n) is 10.5. The van der Waals surface area contributed by atoms with Crippen molar-refractivity contribution in [2.24, 2.45) is 0 Å². The van der Waals surface area contributed by atoms with Crippen molar-refractivity contribution in [1.82, 2.24) is 0 Å². The van der Waals surface area contributed by atoms with Gasteiger partial charge in [-0.1, -0.05) is 41.4 Å². The van der Waals surface area contributed by atoms with Crippen molar-refractivity contribution in [2.45, 2.75) is 13.8 Å². The number of nitro benzene ring substituents is 1. The van der Waals surface area contributed by atoms with Gasteiger partial charge in [0.05, 0.1) is 10.6 Å². The Bertz CT molecular complexity index is 1490. The lowest BCUT2D eigenvalue weighted by molar-refractivity contribution is -0.385. The van der Waals surface area contributed by atoms with Crippen molar-refractivity contribution in [1.29, 1.82) is 0 Å². The summed E-state index contributed by atoms with van der Waals surface area (Å²) in [5.74, 6) is -1.90. The number of amides is 3. The van der Waals surface area contributed by atoms with Crippen LogP contribution in [0.5, 0.6) is 0 Å². The van der Waals surface area contributed by atoms with Crippen LogP contribution in [0.4, 0.5) is 22.7 Å². The highest BCUT2D eigenvalue weighted by molar-refractivity contribution is 6.53. The molecule has 3 aromatic carbocycles. The molecule has 0 radical (unpaired) electrons. The van der Waals surface area contributed by atoms with Crippen LogP contribution in [0.25, 0.3) is 0 Å². The summed E-state index contributed by atoms with van der Waals surface area (Å²) in [6, 6.07) is 15.3. The van der Waals surface area contributed by atoms with Crippen molar-refractivity contribution < 1.29 is 19.3 Å². The van der Waals surface area contributed by atoms with Gasteiger partial charge in [-0.25, -0.2) is 4.90 Å². The van der Waals surface area contributed by atoms with Crippen LogP contribution in [0, 0.1) is 24.0 Å². The fourth-order valence-electron chi connectivity index (χ4n) is 3.58. The molecule has 0 atom stereocenters. The number of anilines is 3. The van der Waals surface area contributed by atoms with Crippen LogP contribution in [0.2, 0.25) is 5.02 Å². The van der Waals surface area contributed by atoms with Crippen molar-refractivity contribution in [2.75, 3.05) is 15.5 Å². The Morgan fingerprint density at radius 1 is 0.944 bits per heavy atom. The van der Waals surface area contributed by atoms with Crippen molar-refractivity contribution in [3.63, 3.8) is 0 Å². The smallest absolute Gasteiger partial charge is 0.283 e. The quantitative estimate of drug-likeness (QED) is 0.247. The second-order valence-electron chi connectivity index (χ2n) is 7.98. The Labute approximate surface area is 215 Å². The highest BCUT2D eigenvalue weighted by Gasteiger charge is 2.39. The maximum atomic E-state index is 13.1. The number of aryl methyl sites for hydroxylation is 2. The normalized spacial score (nSPS) is 13.3. The van der Waals surface area contributed by atoms with E-state index in [-0.39, 0.29) is 33.4 Å². The number of benzene rings is 3. The molecule has 1 heterocycles. The first kappa shape index (κ1) is 24.9. The third-order valence-electron chi connectivity index (χ3n) is 5.52. The zero-order valence-corrected chi connectivity index (χ0v) is 20.5. The molecule has 2 N–H and O–H groups in total. The van der Waals surface area contributed by atoms with Gasteiger partial charge in [0.25, 0.3) is 23.4 Å². The topological polar surface area (TPSA) is 122 Å². The lowest BCUT2D eigenvalue weighted by atomic mass is 10.1. The molecule has 0 aliphatic carbocycles. The molecular weight excluding hydrogens is 507 g/mol. The largest absolute Gasteiger partial charge is 0.349 e. The molecule has 3 amide bonds. The van der Waals surface area contributed by atoms with Crippen LogP contribution in [0.3, 0.4) is 0 Å². The van der Waals surface area contributed by atoms with Crippen molar-refractivity contribution in [3.8, 4) is 0 Å². The summed E-state index contributed by atoms with van der Waals surface area (Å²) in [6.07, 6.45) is 0. The average molecular weight is 525 g/mol. The standard InChI is InChI=1S/C25H18Cl2N4O5/c1-13-6-8-15(23(32)28-17-9-7-14(2)20(12-17)31(35)36)10-19(13)29-22-21(27)24(33)30(25(22)34)18-5-3-4-16(26)11-18/h3-12,29H,1-2H3,(H,28,32). The van der Waals surface area contributed by atoms with E-state index in [1.807, 2.05) is 0 Å². The van der Waals surface area contributed by atoms with Gasteiger partial charge in [0.2, 0.25) is 0 Å². The van der Waals surface area contributed by atoms with Crippen LogP contribution in [0.1, 0.15) is 21.5 Å². The molecule has 0 saturated carbocycles.